The summed E-state index contributed by atoms with van der Waals surface area (Å²) in [7, 11) is 0. The Balaban J connectivity index is 1.57. The maximum atomic E-state index is 14.6. The molecule has 0 aliphatic heterocycles. The van der Waals surface area contributed by atoms with Crippen molar-refractivity contribution >= 4 is 5.69 Å². The Morgan fingerprint density at radius 2 is 1.51 bits per heavy atom. The number of rotatable bonds is 9. The summed E-state index contributed by atoms with van der Waals surface area (Å²) in [6.07, 6.45) is -8.62. The fourth-order valence-electron chi connectivity index (χ4n) is 3.79. The minimum absolute atomic E-state index is 0.000631. The zero-order valence-electron chi connectivity index (χ0n) is 19.2. The van der Waals surface area contributed by atoms with Crippen LogP contribution in [-0.2, 0) is 12.7 Å². The third-order valence-electron chi connectivity index (χ3n) is 5.77. The summed E-state index contributed by atoms with van der Waals surface area (Å²) < 4.78 is 101. The van der Waals surface area contributed by atoms with Crippen LogP contribution in [0.2, 0.25) is 0 Å². The van der Waals surface area contributed by atoms with Gasteiger partial charge in [-0.2, -0.15) is 13.2 Å². The number of aliphatic hydroxyl groups is 1. The van der Waals surface area contributed by atoms with Crippen molar-refractivity contribution in [1.82, 2.24) is 0 Å². The molecule has 1 N–H and O–H groups in total. The number of hydrogen-bond donors (Lipinski definition) is 1. The van der Waals surface area contributed by atoms with Crippen LogP contribution >= 0.6 is 0 Å². The molecule has 1 atom stereocenters. The van der Waals surface area contributed by atoms with Gasteiger partial charge in [-0.3, -0.25) is 0 Å². The quantitative estimate of drug-likeness (QED) is 0.295. The van der Waals surface area contributed by atoms with Gasteiger partial charge in [0, 0.05) is 36.5 Å². The highest BCUT2D eigenvalue weighted by molar-refractivity contribution is 5.52. The van der Waals surface area contributed by atoms with Gasteiger partial charge in [-0.1, -0.05) is 18.2 Å². The maximum absolute atomic E-state index is 14.6. The first kappa shape index (κ1) is 26.6. The summed E-state index contributed by atoms with van der Waals surface area (Å²) in [6.45, 7) is -0.0460. The largest absolute Gasteiger partial charge is 0.573 e. The van der Waals surface area contributed by atoms with E-state index in [9.17, 15) is 35.8 Å². The van der Waals surface area contributed by atoms with Gasteiger partial charge in [0.15, 0.2) is 0 Å². The van der Waals surface area contributed by atoms with E-state index in [2.05, 4.69) is 4.74 Å². The van der Waals surface area contributed by atoms with Gasteiger partial charge < -0.3 is 19.5 Å². The molecule has 0 amide bonds. The van der Waals surface area contributed by atoms with Crippen molar-refractivity contribution in [2.75, 3.05) is 11.4 Å². The normalized spacial score (nSPS) is 14.8. The van der Waals surface area contributed by atoms with Gasteiger partial charge in [-0.25, -0.2) is 4.39 Å². The van der Waals surface area contributed by atoms with Crippen molar-refractivity contribution < 1.29 is 45.3 Å². The molecule has 0 bridgehead atoms. The topological polar surface area (TPSA) is 41.9 Å². The highest BCUT2D eigenvalue weighted by Gasteiger charge is 2.33. The molecular weight excluding hydrogens is 507 g/mol. The van der Waals surface area contributed by atoms with Crippen molar-refractivity contribution in [2.45, 2.75) is 38.0 Å². The number of anilines is 1. The first-order chi connectivity index (χ1) is 17.4. The summed E-state index contributed by atoms with van der Waals surface area (Å²) in [5.74, 6) is -1.11. The maximum Gasteiger partial charge on any atom is 0.573 e. The zero-order valence-corrected chi connectivity index (χ0v) is 19.2. The van der Waals surface area contributed by atoms with Crippen molar-refractivity contribution in [3.63, 3.8) is 0 Å². The molecule has 0 radical (unpaired) electrons. The van der Waals surface area contributed by atoms with Crippen molar-refractivity contribution in [1.29, 1.82) is 0 Å². The van der Waals surface area contributed by atoms with E-state index in [1.54, 1.807) is 29.2 Å². The second-order valence-corrected chi connectivity index (χ2v) is 8.71. The van der Waals surface area contributed by atoms with Crippen LogP contribution in [0.5, 0.6) is 17.2 Å². The predicted molar refractivity (Wildman–Crippen MR) is 121 cm³/mol. The molecule has 1 unspecified atom stereocenters. The van der Waals surface area contributed by atoms with Gasteiger partial charge in [0.2, 0.25) is 0 Å². The lowest BCUT2D eigenvalue weighted by atomic mass is 10.1. The number of nitrogens with zero attached hydrogens (tertiary/aromatic N) is 1. The van der Waals surface area contributed by atoms with Gasteiger partial charge in [0.05, 0.1) is 11.7 Å². The van der Waals surface area contributed by atoms with Gasteiger partial charge in [-0.15, -0.1) is 13.2 Å². The standard InChI is InChI=1S/C26H22F7NO3/c27-23-11-18(25(28,29)30)10-9-17(23)14-34(15-24(35)16-7-8-16)19-3-1-4-20(12-19)36-21-5-2-6-22(13-21)37-26(31,32)33/h1-6,9-13,16,24,35H,7-8,14-15H2. The first-order valence-corrected chi connectivity index (χ1v) is 11.3. The molecule has 3 aromatic carbocycles. The molecule has 0 spiro atoms. The molecule has 0 heterocycles. The number of halogens is 7. The molecule has 1 aliphatic carbocycles. The second-order valence-electron chi connectivity index (χ2n) is 8.71. The molecule has 1 fully saturated rings. The van der Waals surface area contributed by atoms with Crippen LogP contribution in [0.15, 0.2) is 66.7 Å². The van der Waals surface area contributed by atoms with Crippen LogP contribution in [0, 0.1) is 11.7 Å². The summed E-state index contributed by atoms with van der Waals surface area (Å²) >= 11 is 0. The first-order valence-electron chi connectivity index (χ1n) is 11.3. The van der Waals surface area contributed by atoms with Crippen LogP contribution in [0.4, 0.5) is 36.4 Å². The Hall–Kier alpha value is -3.47. The minimum atomic E-state index is -4.87. The van der Waals surface area contributed by atoms with Crippen molar-refractivity contribution in [2.24, 2.45) is 5.92 Å². The molecule has 0 saturated heterocycles. The number of ether oxygens (including phenoxy) is 2. The summed E-state index contributed by atoms with van der Waals surface area (Å²) in [4.78, 5) is 1.62. The molecule has 1 saturated carbocycles. The average molecular weight is 529 g/mol. The molecule has 4 rings (SSSR count). The molecule has 4 nitrogen and oxygen atoms in total. The smallest absolute Gasteiger partial charge is 0.457 e. The summed E-state index contributed by atoms with van der Waals surface area (Å²) in [5.41, 5.74) is -0.635. The van der Waals surface area contributed by atoms with E-state index in [0.29, 0.717) is 11.8 Å². The molecule has 1 aliphatic rings. The van der Waals surface area contributed by atoms with E-state index < -0.39 is 35.8 Å². The van der Waals surface area contributed by atoms with Crippen LogP contribution in [0.3, 0.4) is 0 Å². The van der Waals surface area contributed by atoms with Crippen LogP contribution in [0.1, 0.15) is 24.0 Å². The lowest BCUT2D eigenvalue weighted by molar-refractivity contribution is -0.274. The van der Waals surface area contributed by atoms with Crippen molar-refractivity contribution in [3.05, 3.63) is 83.7 Å². The average Bonchev–Trinajstić information content (AvgIpc) is 3.64. The fraction of sp³-hybridized carbons (Fsp3) is 0.308. The van der Waals surface area contributed by atoms with E-state index in [1.165, 1.54) is 12.1 Å². The van der Waals surface area contributed by atoms with Gasteiger partial charge >= 0.3 is 12.5 Å². The van der Waals surface area contributed by atoms with E-state index in [-0.39, 0.29) is 36.1 Å². The Morgan fingerprint density at radius 1 is 0.865 bits per heavy atom. The summed E-state index contributed by atoms with van der Waals surface area (Å²) in [5, 5.41) is 10.5. The van der Waals surface area contributed by atoms with Crippen molar-refractivity contribution in [3.8, 4) is 17.2 Å². The van der Waals surface area contributed by atoms with E-state index >= 15 is 0 Å². The number of benzene rings is 3. The lowest BCUT2D eigenvalue weighted by Crippen LogP contribution is -2.33. The number of alkyl halides is 6. The van der Waals surface area contributed by atoms with Gasteiger partial charge in [-0.05, 0) is 55.2 Å². The molecule has 37 heavy (non-hydrogen) atoms. The lowest BCUT2D eigenvalue weighted by Gasteiger charge is -2.28. The Bertz CT molecular complexity index is 1230. The third kappa shape index (κ3) is 7.51. The van der Waals surface area contributed by atoms with Crippen LogP contribution < -0.4 is 14.4 Å². The van der Waals surface area contributed by atoms with E-state index in [4.69, 9.17) is 4.74 Å². The van der Waals surface area contributed by atoms with E-state index in [1.807, 2.05) is 0 Å². The zero-order chi connectivity index (χ0) is 26.8. The van der Waals surface area contributed by atoms with E-state index in [0.717, 1.165) is 37.1 Å². The predicted octanol–water partition coefficient (Wildman–Crippen LogP) is 7.31. The fourth-order valence-corrected chi connectivity index (χ4v) is 3.79. The highest BCUT2D eigenvalue weighted by atomic mass is 19.4. The Kier molecular flexibility index (Phi) is 7.54. The Morgan fingerprint density at radius 3 is 2.14 bits per heavy atom. The highest BCUT2D eigenvalue weighted by Crippen LogP contribution is 2.36. The molecule has 11 heteroatoms. The number of hydrogen-bond acceptors (Lipinski definition) is 4. The van der Waals surface area contributed by atoms with Crippen LogP contribution in [-0.4, -0.2) is 24.1 Å². The Labute approximate surface area is 207 Å². The molecule has 198 valence electrons. The van der Waals surface area contributed by atoms with Gasteiger partial charge in [0.1, 0.15) is 23.1 Å². The number of aliphatic hydroxyl groups excluding tert-OH is 1. The second kappa shape index (κ2) is 10.5. The molecule has 3 aromatic rings. The SMILES string of the molecule is OC(CN(Cc1ccc(C(F)(F)F)cc1F)c1cccc(Oc2cccc(OC(F)(F)F)c2)c1)C1CC1. The third-order valence-corrected chi connectivity index (χ3v) is 5.77. The monoisotopic (exact) mass is 529 g/mol. The summed E-state index contributed by atoms with van der Waals surface area (Å²) in [6, 6.07) is 13.6. The molecule has 0 aromatic heterocycles. The van der Waals surface area contributed by atoms with Crippen LogP contribution in [0.25, 0.3) is 0 Å². The minimum Gasteiger partial charge on any atom is -0.457 e. The van der Waals surface area contributed by atoms with Gasteiger partial charge in [0.25, 0.3) is 0 Å². The molecular formula is C26H22F7NO3.